The second kappa shape index (κ2) is 6.84. The molecule has 2 unspecified atom stereocenters. The van der Waals surface area contributed by atoms with Gasteiger partial charge in [-0.1, -0.05) is 19.1 Å². The Morgan fingerprint density at radius 1 is 1.42 bits per heavy atom. The fourth-order valence-electron chi connectivity index (χ4n) is 2.22. The molecule has 108 valence electrons. The van der Waals surface area contributed by atoms with Crippen LogP contribution in [0.1, 0.15) is 38.8 Å². The van der Waals surface area contributed by atoms with E-state index in [-0.39, 0.29) is 5.75 Å². The van der Waals surface area contributed by atoms with Gasteiger partial charge >= 0.3 is 0 Å². The number of ether oxygens (including phenoxy) is 2. The van der Waals surface area contributed by atoms with Crippen molar-refractivity contribution in [3.63, 3.8) is 0 Å². The van der Waals surface area contributed by atoms with Gasteiger partial charge in [-0.25, -0.2) is 9.82 Å². The molecule has 0 aliphatic rings. The molecule has 0 aliphatic carbocycles. The first kappa shape index (κ1) is 15.9. The van der Waals surface area contributed by atoms with Crippen molar-refractivity contribution in [1.82, 2.24) is 5.43 Å². The molecule has 0 amide bonds. The Kier molecular flexibility index (Phi) is 5.72. The van der Waals surface area contributed by atoms with Crippen LogP contribution in [0, 0.1) is 5.82 Å². The molecule has 5 heteroatoms. The molecule has 0 radical (unpaired) electrons. The Bertz CT molecular complexity index is 414. The van der Waals surface area contributed by atoms with E-state index in [1.165, 1.54) is 7.11 Å². The third kappa shape index (κ3) is 3.23. The summed E-state index contributed by atoms with van der Waals surface area (Å²) >= 11 is 0. The van der Waals surface area contributed by atoms with Gasteiger partial charge in [-0.2, -0.15) is 0 Å². The second-order valence-electron chi connectivity index (χ2n) is 4.56. The normalized spacial score (nSPS) is 15.9. The molecule has 0 fully saturated rings. The molecule has 19 heavy (non-hydrogen) atoms. The Balaban J connectivity index is 3.23. The van der Waals surface area contributed by atoms with Crippen LogP contribution in [-0.4, -0.2) is 19.3 Å². The predicted molar refractivity (Wildman–Crippen MR) is 73.3 cm³/mol. The van der Waals surface area contributed by atoms with Crippen molar-refractivity contribution in [2.24, 2.45) is 5.84 Å². The lowest BCUT2D eigenvalue weighted by Gasteiger charge is -2.36. The van der Waals surface area contributed by atoms with E-state index in [4.69, 9.17) is 15.3 Å². The SMILES string of the molecule is CCOC(C)(CC)C(NN)c1cccc(OC)c1F. The van der Waals surface area contributed by atoms with Crippen molar-refractivity contribution in [1.29, 1.82) is 0 Å². The molecule has 0 saturated carbocycles. The lowest BCUT2D eigenvalue weighted by Crippen LogP contribution is -2.46. The lowest BCUT2D eigenvalue weighted by atomic mass is 9.87. The highest BCUT2D eigenvalue weighted by Gasteiger charge is 2.36. The van der Waals surface area contributed by atoms with Crippen LogP contribution in [-0.2, 0) is 4.74 Å². The first-order chi connectivity index (χ1) is 9.03. The number of hydrogen-bond acceptors (Lipinski definition) is 4. The average molecular weight is 270 g/mol. The molecule has 2 atom stereocenters. The minimum Gasteiger partial charge on any atom is -0.494 e. The number of nitrogens with two attached hydrogens (primary N) is 1. The second-order valence-corrected chi connectivity index (χ2v) is 4.56. The van der Waals surface area contributed by atoms with Crippen molar-refractivity contribution in [2.45, 2.75) is 38.8 Å². The summed E-state index contributed by atoms with van der Waals surface area (Å²) in [4.78, 5) is 0. The van der Waals surface area contributed by atoms with Crippen LogP contribution in [0.4, 0.5) is 4.39 Å². The van der Waals surface area contributed by atoms with Crippen molar-refractivity contribution in [3.05, 3.63) is 29.6 Å². The Morgan fingerprint density at radius 3 is 2.58 bits per heavy atom. The maximum atomic E-state index is 14.3. The summed E-state index contributed by atoms with van der Waals surface area (Å²) in [5.41, 5.74) is 2.52. The van der Waals surface area contributed by atoms with E-state index < -0.39 is 17.5 Å². The zero-order chi connectivity index (χ0) is 14.5. The van der Waals surface area contributed by atoms with Crippen LogP contribution in [0.5, 0.6) is 5.75 Å². The zero-order valence-electron chi connectivity index (χ0n) is 12.0. The monoisotopic (exact) mass is 270 g/mol. The molecule has 1 rings (SSSR count). The highest BCUT2D eigenvalue weighted by molar-refractivity contribution is 5.34. The van der Waals surface area contributed by atoms with E-state index >= 15 is 0 Å². The molecule has 0 heterocycles. The van der Waals surface area contributed by atoms with E-state index in [0.717, 1.165) is 0 Å². The lowest BCUT2D eigenvalue weighted by molar-refractivity contribution is -0.0572. The Morgan fingerprint density at radius 2 is 2.11 bits per heavy atom. The third-order valence-corrected chi connectivity index (χ3v) is 3.48. The van der Waals surface area contributed by atoms with E-state index in [2.05, 4.69) is 5.43 Å². The van der Waals surface area contributed by atoms with Crippen molar-refractivity contribution in [2.75, 3.05) is 13.7 Å². The molecular weight excluding hydrogens is 247 g/mol. The maximum absolute atomic E-state index is 14.3. The van der Waals surface area contributed by atoms with Crippen molar-refractivity contribution >= 4 is 0 Å². The third-order valence-electron chi connectivity index (χ3n) is 3.48. The Labute approximate surface area is 114 Å². The first-order valence-corrected chi connectivity index (χ1v) is 6.46. The molecule has 0 spiro atoms. The van der Waals surface area contributed by atoms with Gasteiger partial charge in [-0.15, -0.1) is 0 Å². The van der Waals surface area contributed by atoms with Gasteiger partial charge in [-0.05, 0) is 26.3 Å². The number of methoxy groups -OCH3 is 1. The largest absolute Gasteiger partial charge is 0.494 e. The number of rotatable bonds is 7. The summed E-state index contributed by atoms with van der Waals surface area (Å²) in [6, 6.07) is 4.56. The maximum Gasteiger partial charge on any atom is 0.169 e. The fourth-order valence-corrected chi connectivity index (χ4v) is 2.22. The van der Waals surface area contributed by atoms with Crippen LogP contribution in [0.2, 0.25) is 0 Å². The van der Waals surface area contributed by atoms with Gasteiger partial charge in [0.1, 0.15) is 0 Å². The van der Waals surface area contributed by atoms with E-state index in [9.17, 15) is 4.39 Å². The van der Waals surface area contributed by atoms with E-state index in [1.54, 1.807) is 18.2 Å². The summed E-state index contributed by atoms with van der Waals surface area (Å²) in [6.07, 6.45) is 0.701. The minimum atomic E-state index is -0.587. The predicted octanol–water partition coefficient (Wildman–Crippen LogP) is 2.54. The summed E-state index contributed by atoms with van der Waals surface area (Å²) in [5, 5.41) is 0. The number of hydrogen-bond donors (Lipinski definition) is 2. The molecule has 3 N–H and O–H groups in total. The summed E-state index contributed by atoms with van der Waals surface area (Å²) in [7, 11) is 1.44. The molecule has 1 aromatic carbocycles. The number of hydrazine groups is 1. The quantitative estimate of drug-likeness (QED) is 0.590. The fraction of sp³-hybridized carbons (Fsp3) is 0.571. The topological polar surface area (TPSA) is 56.5 Å². The molecule has 0 aromatic heterocycles. The van der Waals surface area contributed by atoms with Gasteiger partial charge < -0.3 is 9.47 Å². The average Bonchev–Trinajstić information content (AvgIpc) is 2.41. The smallest absolute Gasteiger partial charge is 0.169 e. The van der Waals surface area contributed by atoms with Gasteiger partial charge in [0.2, 0.25) is 0 Å². The molecule has 0 bridgehead atoms. The van der Waals surface area contributed by atoms with Crippen LogP contribution < -0.4 is 16.0 Å². The molecule has 1 aromatic rings. The van der Waals surface area contributed by atoms with Gasteiger partial charge in [0.15, 0.2) is 11.6 Å². The summed E-state index contributed by atoms with van der Waals surface area (Å²) < 4.78 is 25.1. The Hall–Kier alpha value is -1.17. The number of benzene rings is 1. The van der Waals surface area contributed by atoms with Crippen LogP contribution in [0.15, 0.2) is 18.2 Å². The van der Waals surface area contributed by atoms with E-state index in [0.29, 0.717) is 18.6 Å². The molecular formula is C14H23FN2O2. The highest BCUT2D eigenvalue weighted by Crippen LogP contribution is 2.35. The summed E-state index contributed by atoms with van der Waals surface area (Å²) in [5.74, 6) is 5.41. The van der Waals surface area contributed by atoms with Crippen LogP contribution >= 0.6 is 0 Å². The number of nitrogens with one attached hydrogen (secondary N) is 1. The van der Waals surface area contributed by atoms with Crippen LogP contribution in [0.3, 0.4) is 0 Å². The van der Waals surface area contributed by atoms with E-state index in [1.807, 2.05) is 20.8 Å². The zero-order valence-corrected chi connectivity index (χ0v) is 12.0. The van der Waals surface area contributed by atoms with Gasteiger partial charge in [0.05, 0.1) is 18.8 Å². The van der Waals surface area contributed by atoms with Gasteiger partial charge in [-0.3, -0.25) is 5.84 Å². The highest BCUT2D eigenvalue weighted by atomic mass is 19.1. The molecule has 4 nitrogen and oxygen atoms in total. The van der Waals surface area contributed by atoms with Crippen molar-refractivity contribution in [3.8, 4) is 5.75 Å². The standard InChI is InChI=1S/C14H23FN2O2/c1-5-14(3,19-6-2)13(17-16)10-8-7-9-11(18-4)12(10)15/h7-9,13,17H,5-6,16H2,1-4H3. The van der Waals surface area contributed by atoms with Crippen LogP contribution in [0.25, 0.3) is 0 Å². The van der Waals surface area contributed by atoms with Gasteiger partial charge in [0, 0.05) is 12.2 Å². The number of halogens is 1. The minimum absolute atomic E-state index is 0.202. The molecule has 0 aliphatic heterocycles. The first-order valence-electron chi connectivity index (χ1n) is 6.46. The summed E-state index contributed by atoms with van der Waals surface area (Å²) in [6.45, 7) is 6.34. The van der Waals surface area contributed by atoms with Gasteiger partial charge in [0.25, 0.3) is 0 Å². The van der Waals surface area contributed by atoms with Crippen molar-refractivity contribution < 1.29 is 13.9 Å². The molecule has 0 saturated heterocycles.